The van der Waals surface area contributed by atoms with Crippen LogP contribution in [0.5, 0.6) is 17.2 Å². The number of benzene rings is 1. The first-order valence-electron chi connectivity index (χ1n) is 11.1. The Balaban J connectivity index is 1.97. The van der Waals surface area contributed by atoms with Crippen LogP contribution in [-0.2, 0) is 6.42 Å². The highest BCUT2D eigenvalue weighted by Gasteiger charge is 2.20. The zero-order chi connectivity index (χ0) is 21.9. The molecule has 1 fully saturated rings. The molecule has 0 saturated carbocycles. The van der Waals surface area contributed by atoms with E-state index in [1.54, 1.807) is 21.3 Å². The molecule has 1 aromatic rings. The molecule has 0 spiro atoms. The van der Waals surface area contributed by atoms with Crippen LogP contribution in [0.3, 0.4) is 0 Å². The van der Waals surface area contributed by atoms with Crippen LogP contribution in [0, 0.1) is 5.92 Å². The van der Waals surface area contributed by atoms with Crippen LogP contribution in [0.4, 0.5) is 0 Å². The van der Waals surface area contributed by atoms with Crippen molar-refractivity contribution in [2.45, 2.75) is 46.1 Å². The molecule has 0 aromatic heterocycles. The third-order valence-electron chi connectivity index (χ3n) is 5.34. The largest absolute Gasteiger partial charge is 0.496 e. The molecule has 1 saturated heterocycles. The van der Waals surface area contributed by atoms with E-state index in [9.17, 15) is 0 Å². The molecule has 30 heavy (non-hydrogen) atoms. The minimum atomic E-state index is 0.469. The number of nitrogens with zero attached hydrogens (tertiary/aromatic N) is 2. The Morgan fingerprint density at radius 3 is 2.23 bits per heavy atom. The summed E-state index contributed by atoms with van der Waals surface area (Å²) in [7, 11) is 4.97. The molecule has 0 aliphatic carbocycles. The maximum Gasteiger partial charge on any atom is 0.191 e. The Hall–Kier alpha value is -2.15. The molecule has 2 rings (SSSR count). The molecule has 7 heteroatoms. The van der Waals surface area contributed by atoms with Gasteiger partial charge in [0.15, 0.2) is 5.96 Å². The highest BCUT2D eigenvalue weighted by Crippen LogP contribution is 2.34. The van der Waals surface area contributed by atoms with Gasteiger partial charge in [-0.2, -0.15) is 0 Å². The van der Waals surface area contributed by atoms with Gasteiger partial charge in [0, 0.05) is 56.5 Å². The number of hydrogen-bond donors (Lipinski definition) is 2. The van der Waals surface area contributed by atoms with Gasteiger partial charge in [0.1, 0.15) is 17.2 Å². The Bertz CT molecular complexity index is 645. The van der Waals surface area contributed by atoms with Gasteiger partial charge in [-0.3, -0.25) is 4.99 Å². The fourth-order valence-corrected chi connectivity index (χ4v) is 3.89. The van der Waals surface area contributed by atoms with Gasteiger partial charge in [-0.1, -0.05) is 13.8 Å². The van der Waals surface area contributed by atoms with Crippen molar-refractivity contribution in [3.8, 4) is 17.2 Å². The minimum Gasteiger partial charge on any atom is -0.496 e. The van der Waals surface area contributed by atoms with Crippen LogP contribution in [0.15, 0.2) is 17.1 Å². The van der Waals surface area contributed by atoms with E-state index >= 15 is 0 Å². The van der Waals surface area contributed by atoms with Crippen LogP contribution in [0.25, 0.3) is 0 Å². The first-order chi connectivity index (χ1) is 14.5. The van der Waals surface area contributed by atoms with Gasteiger partial charge >= 0.3 is 0 Å². The Morgan fingerprint density at radius 2 is 1.73 bits per heavy atom. The van der Waals surface area contributed by atoms with Crippen LogP contribution in [-0.4, -0.2) is 71.0 Å². The summed E-state index contributed by atoms with van der Waals surface area (Å²) in [6.45, 7) is 11.6. The molecular formula is C23H40N4O3. The minimum absolute atomic E-state index is 0.469. The molecular weight excluding hydrogens is 380 g/mol. The first kappa shape index (κ1) is 24.1. The molecule has 0 radical (unpaired) electrons. The summed E-state index contributed by atoms with van der Waals surface area (Å²) in [6.07, 6.45) is 3.02. The summed E-state index contributed by atoms with van der Waals surface area (Å²) < 4.78 is 16.4. The van der Waals surface area contributed by atoms with Crippen LogP contribution >= 0.6 is 0 Å². The number of rotatable bonds is 10. The second-order valence-corrected chi connectivity index (χ2v) is 8.13. The number of aliphatic imine (C=N–C) groups is 1. The predicted octanol–water partition coefficient (Wildman–Crippen LogP) is 2.93. The SMILES string of the molecule is CCNC(=NCCc1c(OC)cc(OC)cc1OC)NC1CCN(CC(C)C)CC1. The molecule has 1 aromatic carbocycles. The molecule has 170 valence electrons. The average Bonchev–Trinajstić information content (AvgIpc) is 2.74. The number of ether oxygens (including phenoxy) is 3. The number of methoxy groups -OCH3 is 3. The smallest absolute Gasteiger partial charge is 0.191 e. The van der Waals surface area contributed by atoms with E-state index < -0.39 is 0 Å². The molecule has 0 amide bonds. The Labute approximate surface area is 182 Å². The van der Waals surface area contributed by atoms with E-state index in [-0.39, 0.29) is 0 Å². The van der Waals surface area contributed by atoms with Gasteiger partial charge in [0.2, 0.25) is 0 Å². The number of guanidine groups is 1. The van der Waals surface area contributed by atoms with E-state index in [4.69, 9.17) is 19.2 Å². The summed E-state index contributed by atoms with van der Waals surface area (Å²) in [6, 6.07) is 4.24. The zero-order valence-corrected chi connectivity index (χ0v) is 19.6. The summed E-state index contributed by atoms with van der Waals surface area (Å²) in [4.78, 5) is 7.37. The van der Waals surface area contributed by atoms with Crippen LogP contribution < -0.4 is 24.8 Å². The molecule has 1 aliphatic rings. The van der Waals surface area contributed by atoms with E-state index in [0.29, 0.717) is 12.6 Å². The molecule has 7 nitrogen and oxygen atoms in total. The van der Waals surface area contributed by atoms with E-state index in [0.717, 1.165) is 73.6 Å². The monoisotopic (exact) mass is 420 g/mol. The van der Waals surface area contributed by atoms with Crippen molar-refractivity contribution in [2.24, 2.45) is 10.9 Å². The van der Waals surface area contributed by atoms with Gasteiger partial charge in [-0.25, -0.2) is 0 Å². The van der Waals surface area contributed by atoms with Crippen molar-refractivity contribution < 1.29 is 14.2 Å². The fraction of sp³-hybridized carbons (Fsp3) is 0.696. The molecule has 1 heterocycles. The summed E-state index contributed by atoms with van der Waals surface area (Å²) in [5.74, 6) is 3.84. The van der Waals surface area contributed by atoms with Gasteiger partial charge in [-0.05, 0) is 32.1 Å². The molecule has 0 atom stereocenters. The number of piperidine rings is 1. The Kier molecular flexibility index (Phi) is 10.1. The number of hydrogen-bond acceptors (Lipinski definition) is 5. The third-order valence-corrected chi connectivity index (χ3v) is 5.34. The maximum absolute atomic E-state index is 5.55. The molecule has 0 bridgehead atoms. The van der Waals surface area contributed by atoms with Crippen molar-refractivity contribution in [1.82, 2.24) is 15.5 Å². The molecule has 2 N–H and O–H groups in total. The quantitative estimate of drug-likeness (QED) is 0.448. The van der Waals surface area contributed by atoms with Crippen LogP contribution in [0.1, 0.15) is 39.2 Å². The van der Waals surface area contributed by atoms with Crippen molar-refractivity contribution in [3.05, 3.63) is 17.7 Å². The van der Waals surface area contributed by atoms with Gasteiger partial charge in [-0.15, -0.1) is 0 Å². The fourth-order valence-electron chi connectivity index (χ4n) is 3.89. The predicted molar refractivity (Wildman–Crippen MR) is 123 cm³/mol. The second-order valence-electron chi connectivity index (χ2n) is 8.13. The van der Waals surface area contributed by atoms with Gasteiger partial charge in [0.25, 0.3) is 0 Å². The summed E-state index contributed by atoms with van der Waals surface area (Å²) >= 11 is 0. The van der Waals surface area contributed by atoms with Gasteiger partial charge in [0.05, 0.1) is 21.3 Å². The van der Waals surface area contributed by atoms with Crippen molar-refractivity contribution in [2.75, 3.05) is 54.1 Å². The van der Waals surface area contributed by atoms with Crippen LogP contribution in [0.2, 0.25) is 0 Å². The molecule has 1 aliphatic heterocycles. The number of nitrogens with one attached hydrogen (secondary N) is 2. The summed E-state index contributed by atoms with van der Waals surface area (Å²) in [5, 5.41) is 7.00. The lowest BCUT2D eigenvalue weighted by Crippen LogP contribution is -2.49. The number of likely N-dealkylation sites (tertiary alicyclic amines) is 1. The average molecular weight is 421 g/mol. The van der Waals surface area contributed by atoms with E-state index in [2.05, 4.69) is 36.3 Å². The molecule has 0 unspecified atom stereocenters. The maximum atomic E-state index is 5.55. The zero-order valence-electron chi connectivity index (χ0n) is 19.6. The first-order valence-corrected chi connectivity index (χ1v) is 11.1. The lowest BCUT2D eigenvalue weighted by molar-refractivity contribution is 0.187. The standard InChI is InChI=1S/C23H40N4O3/c1-7-24-23(26-18-9-12-27(13-10-18)16-17(2)3)25-11-8-20-21(29-5)14-19(28-4)15-22(20)30-6/h14-15,17-18H,7-13,16H2,1-6H3,(H2,24,25,26). The van der Waals surface area contributed by atoms with Crippen molar-refractivity contribution in [3.63, 3.8) is 0 Å². The van der Waals surface area contributed by atoms with E-state index in [1.165, 1.54) is 6.54 Å². The topological polar surface area (TPSA) is 67.4 Å². The van der Waals surface area contributed by atoms with Gasteiger partial charge < -0.3 is 29.7 Å². The Morgan fingerprint density at radius 1 is 1.10 bits per heavy atom. The lowest BCUT2D eigenvalue weighted by atomic mass is 10.0. The lowest BCUT2D eigenvalue weighted by Gasteiger charge is -2.34. The highest BCUT2D eigenvalue weighted by atomic mass is 16.5. The van der Waals surface area contributed by atoms with Crippen molar-refractivity contribution in [1.29, 1.82) is 0 Å². The van der Waals surface area contributed by atoms with Crippen molar-refractivity contribution >= 4 is 5.96 Å². The normalized spacial score (nSPS) is 15.9. The third kappa shape index (κ3) is 7.27. The van der Waals surface area contributed by atoms with E-state index in [1.807, 2.05) is 12.1 Å². The second kappa shape index (κ2) is 12.5. The highest BCUT2D eigenvalue weighted by molar-refractivity contribution is 5.80. The summed E-state index contributed by atoms with van der Waals surface area (Å²) in [5.41, 5.74) is 1.00.